The molecule has 1 saturated carbocycles. The molecule has 9 heteroatoms. The van der Waals surface area contributed by atoms with E-state index in [0.29, 0.717) is 36.2 Å². The molecule has 45 heavy (non-hydrogen) atoms. The van der Waals surface area contributed by atoms with E-state index in [1.807, 2.05) is 62.4 Å². The van der Waals surface area contributed by atoms with Gasteiger partial charge in [0, 0.05) is 12.5 Å². The fourth-order valence-corrected chi connectivity index (χ4v) is 8.33. The van der Waals surface area contributed by atoms with Gasteiger partial charge in [0.05, 0.1) is 28.9 Å². The first-order chi connectivity index (χ1) is 21.7. The van der Waals surface area contributed by atoms with Crippen molar-refractivity contribution in [2.24, 2.45) is 23.7 Å². The molecule has 230 valence electrons. The molecular formula is C36H34FN3O5. The quantitative estimate of drug-likeness (QED) is 0.294. The molecule has 2 N–H and O–H groups in total. The number of rotatable bonds is 6. The summed E-state index contributed by atoms with van der Waals surface area (Å²) in [5.74, 6) is -6.27. The number of amides is 4. The normalized spacial score (nSPS) is 29.0. The lowest BCUT2D eigenvalue weighted by Crippen LogP contribution is -2.53. The van der Waals surface area contributed by atoms with Gasteiger partial charge in [-0.1, -0.05) is 72.7 Å². The molecule has 0 unspecified atom stereocenters. The van der Waals surface area contributed by atoms with Crippen LogP contribution in [0.25, 0.3) is 0 Å². The molecule has 2 aliphatic heterocycles. The first kappa shape index (κ1) is 29.0. The second-order valence-electron chi connectivity index (χ2n) is 12.6. The van der Waals surface area contributed by atoms with Gasteiger partial charge >= 0.3 is 0 Å². The van der Waals surface area contributed by atoms with Crippen molar-refractivity contribution in [2.45, 2.75) is 44.4 Å². The number of likely N-dealkylation sites (tertiary alicyclic amines) is 1. The standard InChI is InChI=1S/C36H34FN3O5/c1-3-17-39-32(42)25-15-14-24-26(30(25)34(39)44)19-27-33(43)40(38-23-12-9-20(2)10-13-23)35(45)36(27,22-7-5-4-6-8-22)31(24)21-11-16-29(41)28(37)18-21/h4-14,16,18,25-27,30-31,38,41H,3,15,17,19H2,1-2H3/t25-,26+,27-,30-,31-,36+/m0/s1. The zero-order valence-electron chi connectivity index (χ0n) is 25.1. The summed E-state index contributed by atoms with van der Waals surface area (Å²) in [4.78, 5) is 58.1. The highest BCUT2D eigenvalue weighted by Crippen LogP contribution is 2.64. The molecule has 4 aliphatic rings. The lowest BCUT2D eigenvalue weighted by Gasteiger charge is -2.50. The molecule has 8 nitrogen and oxygen atoms in total. The number of halogens is 1. The smallest absolute Gasteiger partial charge is 0.260 e. The Bertz CT molecular complexity index is 1760. The van der Waals surface area contributed by atoms with E-state index < -0.39 is 58.4 Å². The number of phenols is 1. The van der Waals surface area contributed by atoms with Crippen LogP contribution in [0.2, 0.25) is 0 Å². The van der Waals surface area contributed by atoms with Gasteiger partial charge in [0.15, 0.2) is 11.6 Å². The molecule has 3 aromatic rings. The lowest BCUT2D eigenvalue weighted by molar-refractivity contribution is -0.141. The van der Waals surface area contributed by atoms with Crippen molar-refractivity contribution in [3.8, 4) is 5.75 Å². The Balaban J connectivity index is 1.45. The molecule has 0 spiro atoms. The predicted molar refractivity (Wildman–Crippen MR) is 164 cm³/mol. The maximum Gasteiger partial charge on any atom is 0.260 e. The molecule has 7 rings (SSSR count). The second-order valence-corrected chi connectivity index (χ2v) is 12.6. The van der Waals surface area contributed by atoms with E-state index in [-0.39, 0.29) is 18.2 Å². The molecule has 2 saturated heterocycles. The van der Waals surface area contributed by atoms with Gasteiger partial charge in [-0.15, -0.1) is 0 Å². The number of hydrogen-bond acceptors (Lipinski definition) is 6. The Labute approximate surface area is 260 Å². The van der Waals surface area contributed by atoms with Gasteiger partial charge < -0.3 is 5.11 Å². The molecule has 3 aromatic carbocycles. The average Bonchev–Trinajstić information content (AvgIpc) is 3.41. The summed E-state index contributed by atoms with van der Waals surface area (Å²) in [5.41, 5.74) is 4.90. The van der Waals surface area contributed by atoms with E-state index in [1.165, 1.54) is 17.0 Å². The van der Waals surface area contributed by atoms with Crippen LogP contribution in [0.3, 0.4) is 0 Å². The number of aromatic hydroxyl groups is 1. The van der Waals surface area contributed by atoms with Gasteiger partial charge in [0.25, 0.3) is 11.8 Å². The molecule has 3 fully saturated rings. The van der Waals surface area contributed by atoms with Crippen LogP contribution in [0, 0.1) is 36.4 Å². The fourth-order valence-electron chi connectivity index (χ4n) is 8.33. The molecular weight excluding hydrogens is 573 g/mol. The number of phenolic OH excluding ortho intramolecular Hbond substituents is 1. The Morgan fingerprint density at radius 2 is 1.67 bits per heavy atom. The van der Waals surface area contributed by atoms with Crippen molar-refractivity contribution in [3.63, 3.8) is 0 Å². The third kappa shape index (κ3) is 4.16. The third-order valence-corrected chi connectivity index (χ3v) is 10.2. The van der Waals surface area contributed by atoms with Crippen molar-refractivity contribution in [1.29, 1.82) is 0 Å². The largest absolute Gasteiger partial charge is 0.505 e. The minimum absolute atomic E-state index is 0.175. The Morgan fingerprint density at radius 1 is 0.933 bits per heavy atom. The summed E-state index contributed by atoms with van der Waals surface area (Å²) in [6, 6.07) is 20.5. The molecule has 6 atom stereocenters. The van der Waals surface area contributed by atoms with E-state index in [1.54, 1.807) is 18.2 Å². The molecule has 0 bridgehead atoms. The van der Waals surface area contributed by atoms with Crippen LogP contribution in [0.5, 0.6) is 5.75 Å². The summed E-state index contributed by atoms with van der Waals surface area (Å²) < 4.78 is 15.1. The zero-order chi connectivity index (χ0) is 31.6. The van der Waals surface area contributed by atoms with E-state index in [0.717, 1.165) is 16.1 Å². The lowest BCUT2D eigenvalue weighted by atomic mass is 9.49. The summed E-state index contributed by atoms with van der Waals surface area (Å²) in [6.45, 7) is 4.17. The van der Waals surface area contributed by atoms with Crippen LogP contribution in [0.15, 0.2) is 84.4 Å². The van der Waals surface area contributed by atoms with Gasteiger partial charge in [-0.25, -0.2) is 4.39 Å². The van der Waals surface area contributed by atoms with Crippen LogP contribution in [-0.4, -0.2) is 45.2 Å². The number of fused-ring (bicyclic) bond motifs is 4. The molecule has 2 aliphatic carbocycles. The Morgan fingerprint density at radius 3 is 2.36 bits per heavy atom. The number of imide groups is 2. The van der Waals surface area contributed by atoms with Gasteiger partial charge in [0.2, 0.25) is 11.8 Å². The number of hydrogen-bond donors (Lipinski definition) is 2. The number of nitrogens with one attached hydrogen (secondary N) is 1. The first-order valence-corrected chi connectivity index (χ1v) is 15.5. The number of carbonyl (C=O) groups excluding carboxylic acids is 4. The van der Waals surface area contributed by atoms with Gasteiger partial charge in [-0.3, -0.25) is 29.5 Å². The minimum Gasteiger partial charge on any atom is -0.505 e. The van der Waals surface area contributed by atoms with Crippen molar-refractivity contribution in [1.82, 2.24) is 9.91 Å². The maximum atomic E-state index is 15.1. The number of allylic oxidation sites excluding steroid dienone is 2. The number of nitrogens with zero attached hydrogens (tertiary/aromatic N) is 2. The number of hydrazine groups is 1. The molecule has 0 radical (unpaired) electrons. The summed E-state index contributed by atoms with van der Waals surface area (Å²) >= 11 is 0. The minimum atomic E-state index is -1.48. The van der Waals surface area contributed by atoms with Crippen molar-refractivity contribution < 1.29 is 28.7 Å². The van der Waals surface area contributed by atoms with E-state index >= 15 is 4.39 Å². The van der Waals surface area contributed by atoms with Crippen LogP contribution >= 0.6 is 0 Å². The summed E-state index contributed by atoms with van der Waals surface area (Å²) in [7, 11) is 0. The molecule has 4 amide bonds. The van der Waals surface area contributed by atoms with E-state index in [4.69, 9.17) is 0 Å². The number of benzene rings is 3. The van der Waals surface area contributed by atoms with Crippen LogP contribution in [0.1, 0.15) is 48.8 Å². The monoisotopic (exact) mass is 607 g/mol. The Kier molecular flexibility index (Phi) is 6.87. The number of anilines is 1. The second kappa shape index (κ2) is 10.7. The zero-order valence-corrected chi connectivity index (χ0v) is 25.1. The SMILES string of the molecule is CCCN1C(=O)[C@H]2[C@H](CC=C3[C@H]2C[C@H]2C(=O)N(Nc4ccc(C)cc4)C(=O)[C@@]2(c2ccccc2)[C@H]3c2ccc(O)c(F)c2)C1=O. The summed E-state index contributed by atoms with van der Waals surface area (Å²) in [5, 5.41) is 11.2. The van der Waals surface area contributed by atoms with Crippen LogP contribution < -0.4 is 5.43 Å². The highest BCUT2D eigenvalue weighted by molar-refractivity contribution is 6.13. The number of carbonyl (C=O) groups is 4. The van der Waals surface area contributed by atoms with E-state index in [2.05, 4.69) is 5.43 Å². The highest BCUT2D eigenvalue weighted by Gasteiger charge is 2.70. The number of aryl methyl sites for hydroxylation is 1. The van der Waals surface area contributed by atoms with E-state index in [9.17, 15) is 24.3 Å². The van der Waals surface area contributed by atoms with Gasteiger partial charge in [-0.05, 0) is 67.5 Å². The highest BCUT2D eigenvalue weighted by atomic mass is 19.1. The average molecular weight is 608 g/mol. The topological polar surface area (TPSA) is 107 Å². The molecule has 0 aromatic heterocycles. The Hall–Kier alpha value is -4.79. The predicted octanol–water partition coefficient (Wildman–Crippen LogP) is 5.23. The van der Waals surface area contributed by atoms with Crippen molar-refractivity contribution in [2.75, 3.05) is 12.0 Å². The van der Waals surface area contributed by atoms with Crippen molar-refractivity contribution in [3.05, 3.63) is 107 Å². The van der Waals surface area contributed by atoms with Crippen LogP contribution in [-0.2, 0) is 24.6 Å². The fraction of sp³-hybridized carbons (Fsp3) is 0.333. The third-order valence-electron chi connectivity index (χ3n) is 10.2. The van der Waals surface area contributed by atoms with Crippen molar-refractivity contribution >= 4 is 29.3 Å². The first-order valence-electron chi connectivity index (χ1n) is 15.5. The van der Waals surface area contributed by atoms with Gasteiger partial charge in [0.1, 0.15) is 0 Å². The summed E-state index contributed by atoms with van der Waals surface area (Å²) in [6.07, 6.45) is 3.05. The molecule has 2 heterocycles. The maximum absolute atomic E-state index is 15.1. The van der Waals surface area contributed by atoms with Crippen LogP contribution in [0.4, 0.5) is 10.1 Å². The van der Waals surface area contributed by atoms with Gasteiger partial charge in [-0.2, -0.15) is 5.01 Å².